The van der Waals surface area contributed by atoms with E-state index in [-0.39, 0.29) is 11.9 Å². The van der Waals surface area contributed by atoms with Crippen molar-refractivity contribution < 1.29 is 4.79 Å². The topological polar surface area (TPSA) is 72.7 Å². The first kappa shape index (κ1) is 20.5. The second-order valence-corrected chi connectivity index (χ2v) is 7.79. The van der Waals surface area contributed by atoms with Gasteiger partial charge in [0.1, 0.15) is 6.33 Å². The fourth-order valence-corrected chi connectivity index (χ4v) is 3.47. The van der Waals surface area contributed by atoms with Crippen LogP contribution in [0.15, 0.2) is 79.1 Å². The van der Waals surface area contributed by atoms with Crippen LogP contribution in [-0.2, 0) is 6.42 Å². The van der Waals surface area contributed by atoms with Gasteiger partial charge in [0, 0.05) is 11.6 Å². The van der Waals surface area contributed by atoms with Crippen LogP contribution in [0.1, 0.15) is 34.8 Å². The van der Waals surface area contributed by atoms with E-state index < -0.39 is 0 Å². The quantitative estimate of drug-likeness (QED) is 0.490. The number of benzene rings is 3. The maximum absolute atomic E-state index is 13.1. The largest absolute Gasteiger partial charge is 0.350 e. The first-order chi connectivity index (χ1) is 15.1. The van der Waals surface area contributed by atoms with Crippen molar-refractivity contribution in [1.82, 2.24) is 25.5 Å². The Labute approximate surface area is 181 Å². The number of carbonyl (C=O) groups is 1. The monoisotopic (exact) mass is 411 g/mol. The minimum atomic E-state index is -0.108. The molecule has 1 N–H and O–H groups in total. The maximum atomic E-state index is 13.1. The van der Waals surface area contributed by atoms with Crippen LogP contribution in [0.5, 0.6) is 0 Å². The van der Waals surface area contributed by atoms with E-state index >= 15 is 0 Å². The number of nitrogens with zero attached hydrogens (tertiary/aromatic N) is 4. The Kier molecular flexibility index (Phi) is 6.17. The van der Waals surface area contributed by atoms with Gasteiger partial charge in [0.25, 0.3) is 5.91 Å². The molecule has 1 unspecified atom stereocenters. The average Bonchev–Trinajstić information content (AvgIpc) is 3.34. The number of hydrogen-bond donors (Lipinski definition) is 1. The Bertz CT molecular complexity index is 1140. The van der Waals surface area contributed by atoms with E-state index in [9.17, 15) is 4.79 Å². The molecule has 0 aliphatic rings. The minimum Gasteiger partial charge on any atom is -0.350 e. The molecule has 0 spiro atoms. The average molecular weight is 412 g/mol. The molecule has 0 bridgehead atoms. The van der Waals surface area contributed by atoms with E-state index in [4.69, 9.17) is 0 Å². The molecule has 1 heterocycles. The molecule has 31 heavy (non-hydrogen) atoms. The Morgan fingerprint density at radius 1 is 1.00 bits per heavy atom. The van der Waals surface area contributed by atoms with Crippen molar-refractivity contribution in [1.29, 1.82) is 0 Å². The SMILES string of the molecule is Cc1ccc(-c2cc(C(=O)NC(C)CCc3ccccc3)cc(-n3cnnn3)c2)cc1. The van der Waals surface area contributed by atoms with Gasteiger partial charge in [-0.2, -0.15) is 0 Å². The highest BCUT2D eigenvalue weighted by molar-refractivity contribution is 5.96. The van der Waals surface area contributed by atoms with Gasteiger partial charge in [0.15, 0.2) is 0 Å². The lowest BCUT2D eigenvalue weighted by Gasteiger charge is -2.15. The van der Waals surface area contributed by atoms with Crippen LogP contribution in [0.3, 0.4) is 0 Å². The van der Waals surface area contributed by atoms with Crippen LogP contribution in [0.4, 0.5) is 0 Å². The molecule has 6 heteroatoms. The van der Waals surface area contributed by atoms with Gasteiger partial charge in [-0.15, -0.1) is 5.10 Å². The molecule has 0 fully saturated rings. The molecule has 0 aliphatic heterocycles. The third-order valence-electron chi connectivity index (χ3n) is 5.26. The summed E-state index contributed by atoms with van der Waals surface area (Å²) >= 11 is 0. The predicted octanol–water partition coefficient (Wildman–Crippen LogP) is 4.39. The molecular formula is C25H25N5O. The highest BCUT2D eigenvalue weighted by atomic mass is 16.1. The zero-order valence-electron chi connectivity index (χ0n) is 17.7. The number of hydrogen-bond acceptors (Lipinski definition) is 4. The summed E-state index contributed by atoms with van der Waals surface area (Å²) in [5.74, 6) is -0.108. The molecule has 0 radical (unpaired) electrons. The van der Waals surface area contributed by atoms with Crippen molar-refractivity contribution in [3.63, 3.8) is 0 Å². The van der Waals surface area contributed by atoms with Crippen molar-refractivity contribution in [3.05, 3.63) is 95.8 Å². The van der Waals surface area contributed by atoms with Crippen molar-refractivity contribution >= 4 is 5.91 Å². The van der Waals surface area contributed by atoms with Crippen LogP contribution in [-0.4, -0.2) is 32.2 Å². The molecule has 1 amide bonds. The number of carbonyl (C=O) groups excluding carboxylic acids is 1. The van der Waals surface area contributed by atoms with Gasteiger partial charge in [-0.05, 0) is 72.0 Å². The normalized spacial score (nSPS) is 11.8. The number of nitrogens with one attached hydrogen (secondary N) is 1. The molecule has 0 saturated heterocycles. The van der Waals surface area contributed by atoms with Crippen LogP contribution in [0.25, 0.3) is 16.8 Å². The highest BCUT2D eigenvalue weighted by Crippen LogP contribution is 2.24. The maximum Gasteiger partial charge on any atom is 0.251 e. The third kappa shape index (κ3) is 5.22. The molecule has 1 aromatic heterocycles. The third-order valence-corrected chi connectivity index (χ3v) is 5.26. The van der Waals surface area contributed by atoms with Gasteiger partial charge in [0.2, 0.25) is 0 Å². The molecule has 156 valence electrons. The lowest BCUT2D eigenvalue weighted by atomic mass is 10.00. The van der Waals surface area contributed by atoms with Gasteiger partial charge in [-0.3, -0.25) is 4.79 Å². The van der Waals surface area contributed by atoms with Crippen molar-refractivity contribution in [2.24, 2.45) is 0 Å². The van der Waals surface area contributed by atoms with Gasteiger partial charge < -0.3 is 5.32 Å². The zero-order valence-corrected chi connectivity index (χ0v) is 17.7. The summed E-state index contributed by atoms with van der Waals surface area (Å²) in [5, 5.41) is 14.6. The molecule has 6 nitrogen and oxygen atoms in total. The minimum absolute atomic E-state index is 0.0484. The summed E-state index contributed by atoms with van der Waals surface area (Å²) in [6, 6.07) is 24.3. The predicted molar refractivity (Wildman–Crippen MR) is 121 cm³/mol. The van der Waals surface area contributed by atoms with Gasteiger partial charge >= 0.3 is 0 Å². The van der Waals surface area contributed by atoms with Crippen LogP contribution in [0.2, 0.25) is 0 Å². The fourth-order valence-electron chi connectivity index (χ4n) is 3.47. The van der Waals surface area contributed by atoms with Crippen molar-refractivity contribution in [2.45, 2.75) is 32.7 Å². The molecule has 3 aromatic carbocycles. The number of rotatable bonds is 7. The number of aryl methyl sites for hydroxylation is 2. The van der Waals surface area contributed by atoms with E-state index in [0.29, 0.717) is 5.56 Å². The molecule has 4 aromatic rings. The van der Waals surface area contributed by atoms with E-state index in [1.165, 1.54) is 17.5 Å². The summed E-state index contributed by atoms with van der Waals surface area (Å²) in [7, 11) is 0. The molecule has 1 atom stereocenters. The van der Waals surface area contributed by atoms with Crippen LogP contribution >= 0.6 is 0 Å². The summed E-state index contributed by atoms with van der Waals surface area (Å²) in [6.07, 6.45) is 3.31. The summed E-state index contributed by atoms with van der Waals surface area (Å²) in [4.78, 5) is 13.1. The zero-order chi connectivity index (χ0) is 21.6. The Balaban J connectivity index is 1.56. The Hall–Kier alpha value is -3.80. The van der Waals surface area contributed by atoms with E-state index in [0.717, 1.165) is 29.7 Å². The number of amides is 1. The second kappa shape index (κ2) is 9.34. The summed E-state index contributed by atoms with van der Waals surface area (Å²) < 4.78 is 1.56. The van der Waals surface area contributed by atoms with Crippen molar-refractivity contribution in [2.75, 3.05) is 0 Å². The van der Waals surface area contributed by atoms with E-state index in [1.807, 2.05) is 43.3 Å². The summed E-state index contributed by atoms with van der Waals surface area (Å²) in [5.41, 5.74) is 5.75. The standard InChI is InChI=1S/C25H25N5O/c1-18-8-12-21(13-9-18)22-14-23(16-24(15-22)30-17-26-28-29-30)25(31)27-19(2)10-11-20-6-4-3-5-7-20/h3-9,12-17,19H,10-11H2,1-2H3,(H,27,31). The second-order valence-electron chi connectivity index (χ2n) is 7.79. The lowest BCUT2D eigenvalue weighted by Crippen LogP contribution is -2.33. The molecule has 0 aliphatic carbocycles. The fraction of sp³-hybridized carbons (Fsp3) is 0.200. The summed E-state index contributed by atoms with van der Waals surface area (Å²) in [6.45, 7) is 4.09. The van der Waals surface area contributed by atoms with Crippen LogP contribution < -0.4 is 5.32 Å². The first-order valence-electron chi connectivity index (χ1n) is 10.4. The van der Waals surface area contributed by atoms with Gasteiger partial charge in [-0.1, -0.05) is 60.2 Å². The number of tetrazole rings is 1. The van der Waals surface area contributed by atoms with Gasteiger partial charge in [0.05, 0.1) is 5.69 Å². The van der Waals surface area contributed by atoms with E-state index in [2.05, 4.69) is 64.2 Å². The smallest absolute Gasteiger partial charge is 0.251 e. The molecule has 0 saturated carbocycles. The molecular weight excluding hydrogens is 386 g/mol. The Morgan fingerprint density at radius 2 is 1.77 bits per heavy atom. The van der Waals surface area contributed by atoms with Gasteiger partial charge in [-0.25, -0.2) is 4.68 Å². The van der Waals surface area contributed by atoms with E-state index in [1.54, 1.807) is 4.68 Å². The molecule has 4 rings (SSSR count). The lowest BCUT2D eigenvalue weighted by molar-refractivity contribution is 0.0938. The number of aromatic nitrogens is 4. The first-order valence-corrected chi connectivity index (χ1v) is 10.4. The van der Waals surface area contributed by atoms with Crippen LogP contribution in [0, 0.1) is 6.92 Å². The Morgan fingerprint density at radius 3 is 2.48 bits per heavy atom. The van der Waals surface area contributed by atoms with Crippen molar-refractivity contribution in [3.8, 4) is 16.8 Å². The highest BCUT2D eigenvalue weighted by Gasteiger charge is 2.14.